The highest BCUT2D eigenvalue weighted by Crippen LogP contribution is 2.38. The fourth-order valence-electron chi connectivity index (χ4n) is 3.55. The van der Waals surface area contributed by atoms with E-state index in [9.17, 15) is 0 Å². The van der Waals surface area contributed by atoms with E-state index in [1.165, 1.54) is 25.7 Å². The molecule has 0 spiro atoms. The number of nitrogens with one attached hydrogen (secondary N) is 1. The summed E-state index contributed by atoms with van der Waals surface area (Å²) in [6, 6.07) is 9.27. The van der Waals surface area contributed by atoms with E-state index in [0.29, 0.717) is 33.2 Å². The van der Waals surface area contributed by atoms with Gasteiger partial charge in [0.1, 0.15) is 6.61 Å². The highest BCUT2D eigenvalue weighted by atomic mass is 35.5. The van der Waals surface area contributed by atoms with Crippen LogP contribution in [-0.2, 0) is 13.2 Å². The first-order valence-electron chi connectivity index (χ1n) is 10.5. The summed E-state index contributed by atoms with van der Waals surface area (Å²) in [7, 11) is 0. The fraction of sp³-hybridized carbons (Fsp3) is 0.417. The van der Waals surface area contributed by atoms with Gasteiger partial charge in [0.05, 0.1) is 11.6 Å². The van der Waals surface area contributed by atoms with Crippen molar-refractivity contribution >= 4 is 34.8 Å². The van der Waals surface area contributed by atoms with E-state index in [4.69, 9.17) is 44.3 Å². The lowest BCUT2D eigenvalue weighted by atomic mass is 9.97. The molecule has 30 heavy (non-hydrogen) atoms. The van der Waals surface area contributed by atoms with Crippen molar-refractivity contribution in [1.29, 1.82) is 0 Å². The molecular formula is C24H28Cl3NO2. The van der Waals surface area contributed by atoms with Crippen molar-refractivity contribution in [3.63, 3.8) is 0 Å². The number of ether oxygens (including phenoxy) is 2. The van der Waals surface area contributed by atoms with Gasteiger partial charge in [-0.25, -0.2) is 0 Å². The first kappa shape index (κ1) is 23.3. The van der Waals surface area contributed by atoms with E-state index in [0.717, 1.165) is 30.6 Å². The maximum Gasteiger partial charge on any atom is 0.180 e. The van der Waals surface area contributed by atoms with Crippen molar-refractivity contribution in [2.24, 2.45) is 0 Å². The summed E-state index contributed by atoms with van der Waals surface area (Å²) in [5.41, 5.74) is 3.36. The second kappa shape index (κ2) is 11.9. The Balaban J connectivity index is 1.63. The molecule has 0 aliphatic heterocycles. The second-order valence-corrected chi connectivity index (χ2v) is 8.58. The highest BCUT2D eigenvalue weighted by molar-refractivity contribution is 6.36. The molecule has 2 aromatic rings. The molecule has 1 aliphatic rings. The minimum Gasteiger partial charge on any atom is -0.490 e. The van der Waals surface area contributed by atoms with Gasteiger partial charge in [0.2, 0.25) is 0 Å². The van der Waals surface area contributed by atoms with E-state index in [2.05, 4.69) is 11.4 Å². The Kier molecular flexibility index (Phi) is 9.20. The van der Waals surface area contributed by atoms with Crippen LogP contribution >= 0.6 is 34.8 Å². The third kappa shape index (κ3) is 6.55. The topological polar surface area (TPSA) is 30.5 Å². The molecular weight excluding hydrogens is 441 g/mol. The maximum absolute atomic E-state index is 6.54. The third-order valence-corrected chi connectivity index (χ3v) is 6.12. The molecule has 0 aromatic heterocycles. The number of allylic oxidation sites excluding steroid dienone is 1. The molecule has 2 aromatic carbocycles. The summed E-state index contributed by atoms with van der Waals surface area (Å²) in [6.07, 6.45) is 8.61. The van der Waals surface area contributed by atoms with Crippen LogP contribution in [0.25, 0.3) is 0 Å². The Labute approximate surface area is 194 Å². The molecule has 3 rings (SSSR count). The first-order valence-corrected chi connectivity index (χ1v) is 11.6. The minimum atomic E-state index is 0.213. The average Bonchev–Trinajstić information content (AvgIpc) is 2.73. The van der Waals surface area contributed by atoms with Gasteiger partial charge < -0.3 is 14.8 Å². The van der Waals surface area contributed by atoms with Crippen molar-refractivity contribution in [1.82, 2.24) is 5.32 Å². The smallest absolute Gasteiger partial charge is 0.180 e. The number of benzene rings is 2. The summed E-state index contributed by atoms with van der Waals surface area (Å²) < 4.78 is 11.8. The van der Waals surface area contributed by atoms with Crippen LogP contribution in [0.5, 0.6) is 11.5 Å². The van der Waals surface area contributed by atoms with Gasteiger partial charge in [0.15, 0.2) is 11.5 Å². The summed E-state index contributed by atoms with van der Waals surface area (Å²) >= 11 is 19.0. The molecule has 162 valence electrons. The van der Waals surface area contributed by atoms with Crippen LogP contribution in [-0.4, -0.2) is 13.2 Å². The molecule has 1 aliphatic carbocycles. The minimum absolute atomic E-state index is 0.213. The normalized spacial score (nSPS) is 13.8. The van der Waals surface area contributed by atoms with Gasteiger partial charge in [-0.2, -0.15) is 0 Å². The van der Waals surface area contributed by atoms with Crippen LogP contribution in [0.1, 0.15) is 50.2 Å². The second-order valence-electron chi connectivity index (χ2n) is 7.36. The number of halogens is 3. The Morgan fingerprint density at radius 2 is 1.80 bits per heavy atom. The van der Waals surface area contributed by atoms with Gasteiger partial charge in [0, 0.05) is 22.2 Å². The van der Waals surface area contributed by atoms with Gasteiger partial charge in [0.25, 0.3) is 0 Å². The summed E-state index contributed by atoms with van der Waals surface area (Å²) in [5.74, 6) is 1.13. The summed E-state index contributed by atoms with van der Waals surface area (Å²) in [6.45, 7) is 4.35. The SMILES string of the molecule is CCOc1cc(CNCCC2=CCCCC2)cc(Cl)c1OCc1c(Cl)cccc1Cl. The molecule has 0 heterocycles. The zero-order valence-corrected chi connectivity index (χ0v) is 19.5. The lowest BCUT2D eigenvalue weighted by molar-refractivity contribution is 0.269. The van der Waals surface area contributed by atoms with Gasteiger partial charge >= 0.3 is 0 Å². The van der Waals surface area contributed by atoms with E-state index in [-0.39, 0.29) is 6.61 Å². The van der Waals surface area contributed by atoms with Crippen LogP contribution in [0, 0.1) is 0 Å². The van der Waals surface area contributed by atoms with E-state index in [1.54, 1.807) is 23.8 Å². The predicted molar refractivity (Wildman–Crippen MR) is 126 cm³/mol. The van der Waals surface area contributed by atoms with Crippen molar-refractivity contribution in [3.8, 4) is 11.5 Å². The standard InChI is InChI=1S/C24H28Cl3NO2/c1-2-29-23-14-18(15-28-12-11-17-7-4-3-5-8-17)13-22(27)24(23)30-16-19-20(25)9-6-10-21(19)26/h6-7,9-10,13-14,28H,2-5,8,11-12,15-16H2,1H3. The number of rotatable bonds is 10. The summed E-state index contributed by atoms with van der Waals surface area (Å²) in [4.78, 5) is 0. The van der Waals surface area contributed by atoms with Crippen LogP contribution in [0.3, 0.4) is 0 Å². The average molecular weight is 469 g/mol. The Morgan fingerprint density at radius 3 is 2.50 bits per heavy atom. The van der Waals surface area contributed by atoms with Crippen molar-refractivity contribution in [3.05, 3.63) is 68.2 Å². The largest absolute Gasteiger partial charge is 0.490 e. The van der Waals surface area contributed by atoms with Crippen LogP contribution in [0.4, 0.5) is 0 Å². The maximum atomic E-state index is 6.54. The molecule has 0 fully saturated rings. The number of hydrogen-bond acceptors (Lipinski definition) is 3. The van der Waals surface area contributed by atoms with Gasteiger partial charge in [-0.1, -0.05) is 52.5 Å². The highest BCUT2D eigenvalue weighted by Gasteiger charge is 2.15. The zero-order chi connectivity index (χ0) is 21.3. The number of hydrogen-bond donors (Lipinski definition) is 1. The predicted octanol–water partition coefficient (Wildman–Crippen LogP) is 7.60. The van der Waals surface area contributed by atoms with Crippen molar-refractivity contribution in [2.45, 2.75) is 52.2 Å². The molecule has 0 saturated heterocycles. The quantitative estimate of drug-likeness (QED) is 0.287. The summed E-state index contributed by atoms with van der Waals surface area (Å²) in [5, 5.41) is 5.14. The Morgan fingerprint density at radius 1 is 1.00 bits per heavy atom. The Hall–Kier alpha value is -1.39. The zero-order valence-electron chi connectivity index (χ0n) is 17.3. The lowest BCUT2D eigenvalue weighted by Gasteiger charge is -2.17. The van der Waals surface area contributed by atoms with Crippen molar-refractivity contribution in [2.75, 3.05) is 13.2 Å². The third-order valence-electron chi connectivity index (χ3n) is 5.13. The Bertz CT molecular complexity index is 863. The lowest BCUT2D eigenvalue weighted by Crippen LogP contribution is -2.16. The molecule has 0 atom stereocenters. The molecule has 6 heteroatoms. The van der Waals surface area contributed by atoms with E-state index < -0.39 is 0 Å². The molecule has 0 unspecified atom stereocenters. The molecule has 0 saturated carbocycles. The van der Waals surface area contributed by atoms with Crippen LogP contribution < -0.4 is 14.8 Å². The van der Waals surface area contributed by atoms with Gasteiger partial charge in [-0.3, -0.25) is 0 Å². The molecule has 0 bridgehead atoms. The van der Waals surface area contributed by atoms with E-state index in [1.807, 2.05) is 19.1 Å². The first-order chi connectivity index (χ1) is 14.6. The van der Waals surface area contributed by atoms with Crippen molar-refractivity contribution < 1.29 is 9.47 Å². The molecule has 0 amide bonds. The molecule has 3 nitrogen and oxygen atoms in total. The van der Waals surface area contributed by atoms with E-state index >= 15 is 0 Å². The van der Waals surface area contributed by atoms with Crippen LogP contribution in [0.2, 0.25) is 15.1 Å². The van der Waals surface area contributed by atoms with Gasteiger partial charge in [-0.15, -0.1) is 0 Å². The fourth-order valence-corrected chi connectivity index (χ4v) is 4.35. The molecule has 0 radical (unpaired) electrons. The van der Waals surface area contributed by atoms with Gasteiger partial charge in [-0.05, 0) is 75.4 Å². The molecule has 1 N–H and O–H groups in total. The monoisotopic (exact) mass is 467 g/mol. The van der Waals surface area contributed by atoms with Crippen LogP contribution in [0.15, 0.2) is 42.0 Å².